The molecule has 3 fully saturated rings. The van der Waals surface area contributed by atoms with Gasteiger partial charge < -0.3 is 10.5 Å². The summed E-state index contributed by atoms with van der Waals surface area (Å²) in [6.07, 6.45) is 13.8. The summed E-state index contributed by atoms with van der Waals surface area (Å²) < 4.78 is 6.48. The maximum atomic E-state index is 6.48. The molecule has 104 valence electrons. The first-order valence-electron chi connectivity index (χ1n) is 8.03. The van der Waals surface area contributed by atoms with Crippen molar-refractivity contribution in [1.29, 1.82) is 0 Å². The van der Waals surface area contributed by atoms with Gasteiger partial charge in [-0.15, -0.1) is 0 Å². The molecule has 3 rings (SSSR count). The molecule has 3 unspecified atom stereocenters. The minimum absolute atomic E-state index is 0.296. The van der Waals surface area contributed by atoms with E-state index in [2.05, 4.69) is 6.92 Å². The number of hydrogen-bond acceptors (Lipinski definition) is 2. The van der Waals surface area contributed by atoms with E-state index in [-0.39, 0.29) is 0 Å². The Morgan fingerprint density at radius 1 is 1.11 bits per heavy atom. The molecule has 3 atom stereocenters. The van der Waals surface area contributed by atoms with Crippen LogP contribution < -0.4 is 5.73 Å². The summed E-state index contributed by atoms with van der Waals surface area (Å²) in [6.45, 7) is 3.25. The van der Waals surface area contributed by atoms with Crippen LogP contribution in [0.4, 0.5) is 0 Å². The van der Waals surface area contributed by atoms with Crippen LogP contribution in [0.15, 0.2) is 0 Å². The van der Waals surface area contributed by atoms with E-state index in [9.17, 15) is 0 Å². The summed E-state index contributed by atoms with van der Waals surface area (Å²) in [5.74, 6) is 0.871. The first kappa shape index (κ1) is 12.9. The molecule has 1 saturated heterocycles. The van der Waals surface area contributed by atoms with Crippen molar-refractivity contribution in [3.05, 3.63) is 0 Å². The Morgan fingerprint density at radius 2 is 1.89 bits per heavy atom. The van der Waals surface area contributed by atoms with Crippen LogP contribution in [-0.4, -0.2) is 18.2 Å². The third-order valence-corrected chi connectivity index (χ3v) is 5.90. The smallest absolute Gasteiger partial charge is 0.0687 e. The van der Waals surface area contributed by atoms with Gasteiger partial charge in [-0.2, -0.15) is 0 Å². The Bertz CT molecular complexity index is 297. The topological polar surface area (TPSA) is 35.2 Å². The molecule has 2 nitrogen and oxygen atoms in total. The van der Waals surface area contributed by atoms with Gasteiger partial charge in [0.05, 0.1) is 11.7 Å². The van der Waals surface area contributed by atoms with Crippen LogP contribution in [0.1, 0.15) is 71.1 Å². The predicted octanol–water partition coefficient (Wildman–Crippen LogP) is 3.63. The fourth-order valence-corrected chi connectivity index (χ4v) is 4.86. The van der Waals surface area contributed by atoms with Gasteiger partial charge in [0.25, 0.3) is 0 Å². The van der Waals surface area contributed by atoms with E-state index in [1.165, 1.54) is 64.2 Å². The van der Waals surface area contributed by atoms with Crippen molar-refractivity contribution in [2.75, 3.05) is 6.54 Å². The van der Waals surface area contributed by atoms with Gasteiger partial charge in [0.1, 0.15) is 0 Å². The molecule has 0 bridgehead atoms. The third-order valence-electron chi connectivity index (χ3n) is 5.90. The molecule has 2 saturated carbocycles. The van der Waals surface area contributed by atoms with Crippen molar-refractivity contribution in [2.24, 2.45) is 17.1 Å². The van der Waals surface area contributed by atoms with Gasteiger partial charge in [0, 0.05) is 0 Å². The van der Waals surface area contributed by atoms with E-state index in [1.54, 1.807) is 0 Å². The fourth-order valence-electron chi connectivity index (χ4n) is 4.86. The molecule has 1 heterocycles. The summed E-state index contributed by atoms with van der Waals surface area (Å²) in [5.41, 5.74) is 6.81. The van der Waals surface area contributed by atoms with Crippen LogP contribution in [0, 0.1) is 11.3 Å². The van der Waals surface area contributed by atoms with Gasteiger partial charge in [-0.05, 0) is 62.8 Å². The molecule has 0 aromatic carbocycles. The van der Waals surface area contributed by atoms with Crippen LogP contribution in [-0.2, 0) is 4.74 Å². The molecule has 0 aromatic rings. The maximum absolute atomic E-state index is 6.48. The van der Waals surface area contributed by atoms with Crippen LogP contribution >= 0.6 is 0 Å². The summed E-state index contributed by atoms with van der Waals surface area (Å²) >= 11 is 0. The fraction of sp³-hybridized carbons (Fsp3) is 1.00. The molecule has 1 aliphatic heterocycles. The second-order valence-electron chi connectivity index (χ2n) is 7.42. The van der Waals surface area contributed by atoms with Crippen molar-refractivity contribution in [2.45, 2.75) is 82.8 Å². The van der Waals surface area contributed by atoms with Gasteiger partial charge in [-0.1, -0.05) is 26.2 Å². The Morgan fingerprint density at radius 3 is 2.50 bits per heavy atom. The van der Waals surface area contributed by atoms with Crippen LogP contribution in [0.2, 0.25) is 0 Å². The van der Waals surface area contributed by atoms with E-state index >= 15 is 0 Å². The molecule has 1 spiro atoms. The number of ether oxygens (including phenoxy) is 1. The molecule has 0 radical (unpaired) electrons. The van der Waals surface area contributed by atoms with Crippen molar-refractivity contribution in [1.82, 2.24) is 0 Å². The Kier molecular flexibility index (Phi) is 3.44. The summed E-state index contributed by atoms with van der Waals surface area (Å²) in [6, 6.07) is 0. The predicted molar refractivity (Wildman–Crippen MR) is 74.4 cm³/mol. The number of nitrogens with two attached hydrogens (primary N) is 1. The number of rotatable bonds is 3. The lowest BCUT2D eigenvalue weighted by molar-refractivity contribution is -0.0525. The lowest BCUT2D eigenvalue weighted by Gasteiger charge is -2.32. The summed E-state index contributed by atoms with van der Waals surface area (Å²) in [7, 11) is 0. The molecular weight excluding hydrogens is 222 g/mol. The second kappa shape index (κ2) is 4.79. The van der Waals surface area contributed by atoms with E-state index < -0.39 is 0 Å². The zero-order chi connectivity index (χ0) is 12.6. The maximum Gasteiger partial charge on any atom is 0.0687 e. The minimum Gasteiger partial charge on any atom is -0.372 e. The standard InChI is InChI=1S/C16H29NO/c1-13-4-8-15(10-13,12-17)11-14-5-9-16(18-14)6-2-3-7-16/h13-14H,2-12,17H2,1H3. The monoisotopic (exact) mass is 251 g/mol. The molecule has 2 heteroatoms. The molecule has 2 aliphatic carbocycles. The summed E-state index contributed by atoms with van der Waals surface area (Å²) in [4.78, 5) is 0. The normalized spacial score (nSPS) is 43.0. The molecule has 18 heavy (non-hydrogen) atoms. The highest BCUT2D eigenvalue weighted by molar-refractivity contribution is 4.97. The van der Waals surface area contributed by atoms with Gasteiger partial charge in [-0.3, -0.25) is 0 Å². The number of hydrogen-bond donors (Lipinski definition) is 1. The second-order valence-corrected chi connectivity index (χ2v) is 7.42. The van der Waals surface area contributed by atoms with Gasteiger partial charge in [-0.25, -0.2) is 0 Å². The van der Waals surface area contributed by atoms with Gasteiger partial charge in [0.2, 0.25) is 0 Å². The van der Waals surface area contributed by atoms with E-state index in [1.807, 2.05) is 0 Å². The van der Waals surface area contributed by atoms with Crippen molar-refractivity contribution >= 4 is 0 Å². The Hall–Kier alpha value is -0.0800. The lowest BCUT2D eigenvalue weighted by atomic mass is 9.79. The zero-order valence-electron chi connectivity index (χ0n) is 11.9. The van der Waals surface area contributed by atoms with Crippen LogP contribution in [0.3, 0.4) is 0 Å². The molecule has 0 aromatic heterocycles. The van der Waals surface area contributed by atoms with Gasteiger partial charge in [0.15, 0.2) is 0 Å². The lowest BCUT2D eigenvalue weighted by Crippen LogP contribution is -2.33. The molecule has 3 aliphatic rings. The molecule has 0 amide bonds. The minimum atomic E-state index is 0.296. The first-order valence-corrected chi connectivity index (χ1v) is 8.03. The first-order chi connectivity index (χ1) is 8.65. The van der Waals surface area contributed by atoms with E-state index in [4.69, 9.17) is 10.5 Å². The highest BCUT2D eigenvalue weighted by Crippen LogP contribution is 2.49. The Labute approximate surface area is 112 Å². The van der Waals surface area contributed by atoms with Crippen molar-refractivity contribution < 1.29 is 4.74 Å². The quantitative estimate of drug-likeness (QED) is 0.831. The van der Waals surface area contributed by atoms with Crippen LogP contribution in [0.5, 0.6) is 0 Å². The average molecular weight is 251 g/mol. The van der Waals surface area contributed by atoms with Gasteiger partial charge >= 0.3 is 0 Å². The van der Waals surface area contributed by atoms with Crippen molar-refractivity contribution in [3.63, 3.8) is 0 Å². The average Bonchev–Trinajstić information content (AvgIpc) is 3.05. The SMILES string of the molecule is CC1CCC(CN)(CC2CCC3(CCCC3)O2)C1. The largest absolute Gasteiger partial charge is 0.372 e. The summed E-state index contributed by atoms with van der Waals surface area (Å²) in [5, 5.41) is 0. The highest BCUT2D eigenvalue weighted by atomic mass is 16.5. The highest BCUT2D eigenvalue weighted by Gasteiger charge is 2.46. The zero-order valence-corrected chi connectivity index (χ0v) is 11.9. The Balaban J connectivity index is 1.60. The molecule has 2 N–H and O–H groups in total. The van der Waals surface area contributed by atoms with Crippen LogP contribution in [0.25, 0.3) is 0 Å². The van der Waals surface area contributed by atoms with E-state index in [0.717, 1.165) is 12.5 Å². The third kappa shape index (κ3) is 2.34. The molecular formula is C16H29NO. The van der Waals surface area contributed by atoms with Crippen molar-refractivity contribution in [3.8, 4) is 0 Å². The van der Waals surface area contributed by atoms with E-state index in [0.29, 0.717) is 17.1 Å².